The molecule has 8 heteroatoms. The van der Waals surface area contributed by atoms with Gasteiger partial charge in [0.15, 0.2) is 18.1 Å². The fourth-order valence-electron chi connectivity index (χ4n) is 2.02. The van der Waals surface area contributed by atoms with Gasteiger partial charge < -0.3 is 19.5 Å². The van der Waals surface area contributed by atoms with Crippen LogP contribution < -0.4 is 19.5 Å². The second-order valence-electron chi connectivity index (χ2n) is 4.93. The summed E-state index contributed by atoms with van der Waals surface area (Å²) in [7, 11) is 2.94. The maximum atomic E-state index is 12.6. The zero-order valence-corrected chi connectivity index (χ0v) is 13.5. The molecule has 2 aromatic rings. The summed E-state index contributed by atoms with van der Waals surface area (Å²) in [4.78, 5) is 11.9. The molecule has 0 heterocycles. The molecule has 0 aliphatic carbocycles. The molecule has 1 N–H and O–H groups in total. The second-order valence-corrected chi connectivity index (χ2v) is 4.93. The molecule has 5 nitrogen and oxygen atoms in total. The monoisotopic (exact) mass is 355 g/mol. The number of nitrogens with one attached hydrogen (secondary N) is 1. The molecule has 0 aromatic heterocycles. The quantitative estimate of drug-likeness (QED) is 0.858. The van der Waals surface area contributed by atoms with Crippen LogP contribution in [-0.2, 0) is 11.0 Å². The molecule has 2 aromatic carbocycles. The van der Waals surface area contributed by atoms with Gasteiger partial charge in [-0.2, -0.15) is 13.2 Å². The molecule has 25 heavy (non-hydrogen) atoms. The summed E-state index contributed by atoms with van der Waals surface area (Å²) in [6, 6.07) is 9.09. The van der Waals surface area contributed by atoms with Gasteiger partial charge in [0.2, 0.25) is 0 Å². The predicted molar refractivity (Wildman–Crippen MR) is 85.1 cm³/mol. The highest BCUT2D eigenvalue weighted by molar-refractivity contribution is 5.92. The maximum absolute atomic E-state index is 12.6. The van der Waals surface area contributed by atoms with Gasteiger partial charge in [0, 0.05) is 11.8 Å². The van der Waals surface area contributed by atoms with Crippen molar-refractivity contribution >= 4 is 11.6 Å². The molecule has 0 bridgehead atoms. The number of alkyl halides is 3. The van der Waals surface area contributed by atoms with Gasteiger partial charge in [-0.05, 0) is 30.3 Å². The van der Waals surface area contributed by atoms with E-state index >= 15 is 0 Å². The Morgan fingerprint density at radius 1 is 1.04 bits per heavy atom. The molecule has 0 unspecified atom stereocenters. The predicted octanol–water partition coefficient (Wildman–Crippen LogP) is 3.74. The van der Waals surface area contributed by atoms with E-state index in [2.05, 4.69) is 5.32 Å². The van der Waals surface area contributed by atoms with Crippen molar-refractivity contribution in [1.82, 2.24) is 0 Å². The Hall–Kier alpha value is -2.90. The number of hydrogen-bond donors (Lipinski definition) is 1. The average molecular weight is 355 g/mol. The summed E-state index contributed by atoms with van der Waals surface area (Å²) in [6.45, 7) is -0.435. The summed E-state index contributed by atoms with van der Waals surface area (Å²) in [5.74, 6) is 0.363. The van der Waals surface area contributed by atoms with E-state index in [1.165, 1.54) is 26.4 Å². The highest BCUT2D eigenvalue weighted by atomic mass is 19.4. The standard InChI is InChI=1S/C17H16F3NO4/c1-23-14-7-6-12(9-15(14)24-2)21-16(22)10-25-13-5-3-4-11(8-13)17(18,19)20/h3-9H,10H2,1-2H3,(H,21,22). The van der Waals surface area contributed by atoms with Crippen LogP contribution in [0.3, 0.4) is 0 Å². The van der Waals surface area contributed by atoms with Gasteiger partial charge in [-0.15, -0.1) is 0 Å². The van der Waals surface area contributed by atoms with Crippen molar-refractivity contribution in [1.29, 1.82) is 0 Å². The summed E-state index contributed by atoms with van der Waals surface area (Å²) in [6.07, 6.45) is -4.47. The lowest BCUT2D eigenvalue weighted by atomic mass is 10.2. The number of ether oxygens (including phenoxy) is 3. The molecule has 0 fully saturated rings. The van der Waals surface area contributed by atoms with Crippen LogP contribution in [-0.4, -0.2) is 26.7 Å². The number of amides is 1. The van der Waals surface area contributed by atoms with Crippen LogP contribution >= 0.6 is 0 Å². The molecule has 1 amide bonds. The van der Waals surface area contributed by atoms with Crippen molar-refractivity contribution in [3.05, 3.63) is 48.0 Å². The molecule has 0 spiro atoms. The number of benzene rings is 2. The first kappa shape index (κ1) is 18.4. The van der Waals surface area contributed by atoms with Gasteiger partial charge in [0.1, 0.15) is 5.75 Å². The molecular weight excluding hydrogens is 339 g/mol. The van der Waals surface area contributed by atoms with Crippen molar-refractivity contribution in [2.24, 2.45) is 0 Å². The number of halogens is 3. The van der Waals surface area contributed by atoms with Gasteiger partial charge in [-0.1, -0.05) is 6.07 Å². The van der Waals surface area contributed by atoms with E-state index in [4.69, 9.17) is 14.2 Å². The minimum Gasteiger partial charge on any atom is -0.493 e. The zero-order chi connectivity index (χ0) is 18.4. The highest BCUT2D eigenvalue weighted by Gasteiger charge is 2.30. The number of hydrogen-bond acceptors (Lipinski definition) is 4. The van der Waals surface area contributed by atoms with Crippen LogP contribution in [0.5, 0.6) is 17.2 Å². The number of carbonyl (C=O) groups is 1. The number of carbonyl (C=O) groups excluding carboxylic acids is 1. The van der Waals surface area contributed by atoms with E-state index in [-0.39, 0.29) is 5.75 Å². The van der Waals surface area contributed by atoms with Crippen molar-refractivity contribution in [2.75, 3.05) is 26.1 Å². The number of anilines is 1. The summed E-state index contributed by atoms with van der Waals surface area (Å²) < 4.78 is 53.2. The SMILES string of the molecule is COc1ccc(NC(=O)COc2cccc(C(F)(F)F)c2)cc1OC. The topological polar surface area (TPSA) is 56.8 Å². The van der Waals surface area contributed by atoms with E-state index in [0.717, 1.165) is 12.1 Å². The van der Waals surface area contributed by atoms with Gasteiger partial charge in [-0.25, -0.2) is 0 Å². The third kappa shape index (κ3) is 5.03. The van der Waals surface area contributed by atoms with Crippen LogP contribution in [0.4, 0.5) is 18.9 Å². The second kappa shape index (κ2) is 7.78. The van der Waals surface area contributed by atoms with Crippen LogP contribution in [0.25, 0.3) is 0 Å². The van der Waals surface area contributed by atoms with E-state index in [9.17, 15) is 18.0 Å². The fourth-order valence-corrected chi connectivity index (χ4v) is 2.02. The summed E-state index contributed by atoms with van der Waals surface area (Å²) in [5.41, 5.74) is -0.402. The lowest BCUT2D eigenvalue weighted by Crippen LogP contribution is -2.20. The van der Waals surface area contributed by atoms with E-state index in [0.29, 0.717) is 17.2 Å². The summed E-state index contributed by atoms with van der Waals surface area (Å²) >= 11 is 0. The first-order valence-corrected chi connectivity index (χ1v) is 7.15. The number of methoxy groups -OCH3 is 2. The Balaban J connectivity index is 1.97. The normalized spacial score (nSPS) is 10.9. The van der Waals surface area contributed by atoms with Crippen LogP contribution in [0.2, 0.25) is 0 Å². The highest BCUT2D eigenvalue weighted by Crippen LogP contribution is 2.31. The van der Waals surface area contributed by atoms with Crippen LogP contribution in [0.15, 0.2) is 42.5 Å². The molecule has 0 aliphatic rings. The lowest BCUT2D eigenvalue weighted by molar-refractivity contribution is -0.137. The van der Waals surface area contributed by atoms with E-state index in [1.807, 2.05) is 0 Å². The van der Waals surface area contributed by atoms with Crippen molar-refractivity contribution in [3.63, 3.8) is 0 Å². The average Bonchev–Trinajstić information content (AvgIpc) is 2.59. The molecular formula is C17H16F3NO4. The molecule has 0 saturated carbocycles. The molecule has 134 valence electrons. The summed E-state index contributed by atoms with van der Waals surface area (Å²) in [5, 5.41) is 2.56. The van der Waals surface area contributed by atoms with Gasteiger partial charge in [0.25, 0.3) is 5.91 Å². The van der Waals surface area contributed by atoms with Crippen LogP contribution in [0, 0.1) is 0 Å². The maximum Gasteiger partial charge on any atom is 0.416 e. The zero-order valence-electron chi connectivity index (χ0n) is 13.5. The Kier molecular flexibility index (Phi) is 5.74. The van der Waals surface area contributed by atoms with Crippen molar-refractivity contribution < 1.29 is 32.2 Å². The van der Waals surface area contributed by atoms with Crippen molar-refractivity contribution in [2.45, 2.75) is 6.18 Å². The first-order chi connectivity index (χ1) is 11.8. The Bertz CT molecular complexity index is 747. The van der Waals surface area contributed by atoms with E-state index in [1.54, 1.807) is 18.2 Å². The Morgan fingerprint density at radius 3 is 2.40 bits per heavy atom. The van der Waals surface area contributed by atoms with Gasteiger partial charge in [0.05, 0.1) is 19.8 Å². The Labute approximate surface area is 142 Å². The third-order valence-electron chi connectivity index (χ3n) is 3.20. The van der Waals surface area contributed by atoms with Gasteiger partial charge >= 0.3 is 6.18 Å². The molecule has 0 saturated heterocycles. The largest absolute Gasteiger partial charge is 0.493 e. The fraction of sp³-hybridized carbons (Fsp3) is 0.235. The molecule has 2 rings (SSSR count). The molecule has 0 aliphatic heterocycles. The van der Waals surface area contributed by atoms with Crippen LogP contribution in [0.1, 0.15) is 5.56 Å². The minimum atomic E-state index is -4.47. The van der Waals surface area contributed by atoms with Crippen molar-refractivity contribution in [3.8, 4) is 17.2 Å². The lowest BCUT2D eigenvalue weighted by Gasteiger charge is -2.12. The number of rotatable bonds is 6. The smallest absolute Gasteiger partial charge is 0.416 e. The van der Waals surface area contributed by atoms with E-state index < -0.39 is 24.3 Å². The first-order valence-electron chi connectivity index (χ1n) is 7.15. The molecule has 0 atom stereocenters. The van der Waals surface area contributed by atoms with Gasteiger partial charge in [-0.3, -0.25) is 4.79 Å². The Morgan fingerprint density at radius 2 is 1.76 bits per heavy atom. The molecule has 0 radical (unpaired) electrons. The third-order valence-corrected chi connectivity index (χ3v) is 3.20. The minimum absolute atomic E-state index is 0.0442.